The monoisotopic (exact) mass is 298 g/mol. The third-order valence-corrected chi connectivity index (χ3v) is 6.76. The molecule has 3 nitrogen and oxygen atoms in total. The fraction of sp³-hybridized carbons (Fsp3) is 0.714. The Morgan fingerprint density at radius 2 is 2.47 bits per heavy atom. The van der Waals surface area contributed by atoms with Crippen LogP contribution in [-0.2, 0) is 4.74 Å². The molecule has 2 aliphatic heterocycles. The van der Waals surface area contributed by atoms with Gasteiger partial charge in [0, 0.05) is 17.2 Å². The number of hydrazine groups is 1. The second-order valence-corrected chi connectivity index (χ2v) is 7.75. The number of rotatable bonds is 3. The van der Waals surface area contributed by atoms with Gasteiger partial charge in [-0.2, -0.15) is 11.8 Å². The van der Waals surface area contributed by atoms with Gasteiger partial charge in [0.15, 0.2) is 0 Å². The van der Waals surface area contributed by atoms with E-state index in [2.05, 4.69) is 23.8 Å². The lowest BCUT2D eigenvalue weighted by molar-refractivity contribution is -0.0852. The SMILES string of the molecule is Cc1ccsc1C(NN)C1CCOC2(CCSC2)C1. The maximum Gasteiger partial charge on any atom is 0.0783 e. The minimum Gasteiger partial charge on any atom is -0.374 e. The lowest BCUT2D eigenvalue weighted by Crippen LogP contribution is -2.45. The van der Waals surface area contributed by atoms with Crippen LogP contribution >= 0.6 is 23.1 Å². The average Bonchev–Trinajstić information content (AvgIpc) is 3.02. The molecule has 1 aromatic rings. The number of hydrogen-bond donors (Lipinski definition) is 2. The molecular formula is C14H22N2OS2. The van der Waals surface area contributed by atoms with Crippen molar-refractivity contribution in [3.05, 3.63) is 21.9 Å². The molecule has 3 atom stereocenters. The third-order valence-electron chi connectivity index (χ3n) is 4.43. The van der Waals surface area contributed by atoms with Crippen LogP contribution in [0.2, 0.25) is 0 Å². The van der Waals surface area contributed by atoms with E-state index in [9.17, 15) is 0 Å². The van der Waals surface area contributed by atoms with Crippen LogP contribution in [0.4, 0.5) is 0 Å². The average molecular weight is 298 g/mol. The number of thioether (sulfide) groups is 1. The minimum absolute atomic E-state index is 0.133. The van der Waals surface area contributed by atoms with Crippen molar-refractivity contribution in [1.29, 1.82) is 0 Å². The van der Waals surface area contributed by atoms with Crippen LogP contribution < -0.4 is 11.3 Å². The first-order valence-corrected chi connectivity index (χ1v) is 8.99. The molecule has 2 fully saturated rings. The molecule has 3 unspecified atom stereocenters. The quantitative estimate of drug-likeness (QED) is 0.665. The van der Waals surface area contributed by atoms with Crippen molar-refractivity contribution in [3.8, 4) is 0 Å². The zero-order chi connectivity index (χ0) is 13.3. The Hall–Kier alpha value is -0.0700. The molecule has 0 saturated carbocycles. The van der Waals surface area contributed by atoms with E-state index in [1.807, 2.05) is 23.1 Å². The summed E-state index contributed by atoms with van der Waals surface area (Å²) in [7, 11) is 0. The largest absolute Gasteiger partial charge is 0.374 e. The summed E-state index contributed by atoms with van der Waals surface area (Å²) in [5.74, 6) is 8.85. The predicted molar refractivity (Wildman–Crippen MR) is 82.5 cm³/mol. The summed E-state index contributed by atoms with van der Waals surface area (Å²) in [6.07, 6.45) is 3.46. The van der Waals surface area contributed by atoms with Gasteiger partial charge in [-0.3, -0.25) is 11.3 Å². The van der Waals surface area contributed by atoms with Crippen LogP contribution in [0.5, 0.6) is 0 Å². The van der Waals surface area contributed by atoms with E-state index in [0.29, 0.717) is 5.92 Å². The number of ether oxygens (including phenoxy) is 1. The molecular weight excluding hydrogens is 276 g/mol. The van der Waals surface area contributed by atoms with Gasteiger partial charge in [-0.25, -0.2) is 0 Å². The van der Waals surface area contributed by atoms with Crippen LogP contribution in [0.1, 0.15) is 35.7 Å². The van der Waals surface area contributed by atoms with Crippen molar-refractivity contribution in [3.63, 3.8) is 0 Å². The zero-order valence-electron chi connectivity index (χ0n) is 11.4. The van der Waals surface area contributed by atoms with Gasteiger partial charge in [-0.15, -0.1) is 11.3 Å². The summed E-state index contributed by atoms with van der Waals surface area (Å²) >= 11 is 3.85. The molecule has 2 aliphatic rings. The van der Waals surface area contributed by atoms with E-state index in [0.717, 1.165) is 25.2 Å². The highest BCUT2D eigenvalue weighted by Crippen LogP contribution is 2.44. The van der Waals surface area contributed by atoms with Crippen LogP contribution in [-0.4, -0.2) is 23.7 Å². The van der Waals surface area contributed by atoms with Crippen LogP contribution in [0.15, 0.2) is 11.4 Å². The molecule has 1 aromatic heterocycles. The Morgan fingerprint density at radius 1 is 1.58 bits per heavy atom. The van der Waals surface area contributed by atoms with Crippen LogP contribution in [0, 0.1) is 12.8 Å². The number of hydrogen-bond acceptors (Lipinski definition) is 5. The van der Waals surface area contributed by atoms with Crippen molar-refractivity contribution in [1.82, 2.24) is 5.43 Å². The van der Waals surface area contributed by atoms with Gasteiger partial charge in [0.2, 0.25) is 0 Å². The fourth-order valence-corrected chi connectivity index (χ4v) is 5.80. The summed E-state index contributed by atoms with van der Waals surface area (Å²) in [5, 5.41) is 2.16. The number of nitrogens with two attached hydrogens (primary N) is 1. The zero-order valence-corrected chi connectivity index (χ0v) is 13.0. The first kappa shape index (κ1) is 13.9. The normalized spacial score (nSPS) is 32.8. The Kier molecular flexibility index (Phi) is 4.19. The standard InChI is InChI=1S/C14H22N2OS2/c1-10-3-6-19-13(10)12(16-15)11-2-5-17-14(8-11)4-7-18-9-14/h3,6,11-12,16H,2,4-5,7-9,15H2,1H3. The van der Waals surface area contributed by atoms with Gasteiger partial charge in [-0.1, -0.05) is 0 Å². The van der Waals surface area contributed by atoms with E-state index >= 15 is 0 Å². The Morgan fingerprint density at radius 3 is 3.11 bits per heavy atom. The Balaban J connectivity index is 1.78. The van der Waals surface area contributed by atoms with Crippen LogP contribution in [0.25, 0.3) is 0 Å². The van der Waals surface area contributed by atoms with Gasteiger partial charge in [-0.05, 0) is 54.9 Å². The molecule has 0 radical (unpaired) electrons. The lowest BCUT2D eigenvalue weighted by Gasteiger charge is -2.40. The molecule has 2 saturated heterocycles. The molecule has 0 bridgehead atoms. The highest BCUT2D eigenvalue weighted by atomic mass is 32.2. The number of nitrogens with one attached hydrogen (secondary N) is 1. The van der Waals surface area contributed by atoms with Gasteiger partial charge < -0.3 is 4.74 Å². The fourth-order valence-electron chi connectivity index (χ4n) is 3.34. The molecule has 19 heavy (non-hydrogen) atoms. The van der Waals surface area contributed by atoms with Gasteiger partial charge >= 0.3 is 0 Å². The first-order valence-electron chi connectivity index (χ1n) is 6.96. The van der Waals surface area contributed by atoms with Crippen LogP contribution in [0.3, 0.4) is 0 Å². The Bertz CT molecular complexity index is 429. The number of aryl methyl sites for hydroxylation is 1. The minimum atomic E-state index is 0.133. The molecule has 0 aliphatic carbocycles. The highest BCUT2D eigenvalue weighted by Gasteiger charge is 2.42. The summed E-state index contributed by atoms with van der Waals surface area (Å²) in [4.78, 5) is 1.40. The molecule has 3 rings (SSSR count). The Labute approximate surface area is 123 Å². The van der Waals surface area contributed by atoms with E-state index in [4.69, 9.17) is 10.6 Å². The molecule has 0 amide bonds. The van der Waals surface area contributed by atoms with E-state index in [1.54, 1.807) is 0 Å². The van der Waals surface area contributed by atoms with Crippen molar-refractivity contribution in [2.24, 2.45) is 11.8 Å². The predicted octanol–water partition coefficient (Wildman–Crippen LogP) is 2.86. The smallest absolute Gasteiger partial charge is 0.0783 e. The molecule has 0 aromatic carbocycles. The molecule has 1 spiro atoms. The van der Waals surface area contributed by atoms with E-state index in [1.165, 1.54) is 22.6 Å². The summed E-state index contributed by atoms with van der Waals surface area (Å²) in [6, 6.07) is 2.47. The second-order valence-electron chi connectivity index (χ2n) is 5.70. The van der Waals surface area contributed by atoms with E-state index < -0.39 is 0 Å². The van der Waals surface area contributed by atoms with Crippen molar-refractivity contribution < 1.29 is 4.74 Å². The maximum atomic E-state index is 6.11. The van der Waals surface area contributed by atoms with Crippen molar-refractivity contribution in [2.45, 2.75) is 37.8 Å². The van der Waals surface area contributed by atoms with E-state index in [-0.39, 0.29) is 11.6 Å². The summed E-state index contributed by atoms with van der Waals surface area (Å²) < 4.78 is 6.11. The summed E-state index contributed by atoms with van der Waals surface area (Å²) in [5.41, 5.74) is 4.56. The number of thiophene rings is 1. The van der Waals surface area contributed by atoms with Gasteiger partial charge in [0.25, 0.3) is 0 Å². The summed E-state index contributed by atoms with van der Waals surface area (Å²) in [6.45, 7) is 3.06. The topological polar surface area (TPSA) is 47.3 Å². The first-order chi connectivity index (χ1) is 9.24. The maximum absolute atomic E-state index is 6.11. The van der Waals surface area contributed by atoms with Gasteiger partial charge in [0.05, 0.1) is 11.6 Å². The second kappa shape index (κ2) is 5.74. The molecule has 3 heterocycles. The lowest BCUT2D eigenvalue weighted by atomic mass is 9.80. The molecule has 3 N–H and O–H groups in total. The van der Waals surface area contributed by atoms with Gasteiger partial charge in [0.1, 0.15) is 0 Å². The molecule has 5 heteroatoms. The third kappa shape index (κ3) is 2.72. The van der Waals surface area contributed by atoms with Crippen molar-refractivity contribution in [2.75, 3.05) is 18.1 Å². The van der Waals surface area contributed by atoms with Crippen molar-refractivity contribution >= 4 is 23.1 Å². The highest BCUT2D eigenvalue weighted by molar-refractivity contribution is 7.99. The molecule has 106 valence electrons.